The standard InChI is InChI=1S/C20H20Cl2N2O5S/c1-14-2-5-16(6-3-14)30(27,28)24-10-8-23(9-11-24)19(25)13-29-20(26)17-7-4-15(21)12-18(17)22/h2-7,12H,8-11,13H2,1H3. The molecule has 7 nitrogen and oxygen atoms in total. The van der Waals surface area contributed by atoms with Crippen LogP contribution in [0.15, 0.2) is 47.4 Å². The highest BCUT2D eigenvalue weighted by Gasteiger charge is 2.30. The summed E-state index contributed by atoms with van der Waals surface area (Å²) in [5.74, 6) is -1.13. The zero-order valence-electron chi connectivity index (χ0n) is 16.2. The molecule has 2 aromatic rings. The molecule has 160 valence electrons. The number of benzene rings is 2. The highest BCUT2D eigenvalue weighted by atomic mass is 35.5. The Balaban J connectivity index is 1.54. The summed E-state index contributed by atoms with van der Waals surface area (Å²) >= 11 is 11.8. The van der Waals surface area contributed by atoms with Crippen molar-refractivity contribution < 1.29 is 22.7 Å². The topological polar surface area (TPSA) is 84.0 Å². The lowest BCUT2D eigenvalue weighted by Crippen LogP contribution is -2.51. The van der Waals surface area contributed by atoms with E-state index in [1.165, 1.54) is 27.4 Å². The van der Waals surface area contributed by atoms with Crippen molar-refractivity contribution in [3.8, 4) is 0 Å². The molecule has 0 saturated carbocycles. The summed E-state index contributed by atoms with van der Waals surface area (Å²) in [6, 6.07) is 11.0. The number of rotatable bonds is 5. The predicted octanol–water partition coefficient (Wildman–Crippen LogP) is 2.99. The Morgan fingerprint density at radius 2 is 1.63 bits per heavy atom. The quantitative estimate of drug-likeness (QED) is 0.627. The smallest absolute Gasteiger partial charge is 0.340 e. The number of hydrogen-bond donors (Lipinski definition) is 0. The number of halogens is 2. The number of esters is 1. The first-order valence-electron chi connectivity index (χ1n) is 9.15. The van der Waals surface area contributed by atoms with Gasteiger partial charge in [-0.25, -0.2) is 13.2 Å². The number of amides is 1. The van der Waals surface area contributed by atoms with Gasteiger partial charge in [0.1, 0.15) is 0 Å². The van der Waals surface area contributed by atoms with Gasteiger partial charge in [-0.3, -0.25) is 4.79 Å². The molecule has 1 saturated heterocycles. The molecule has 0 aromatic heterocycles. The van der Waals surface area contributed by atoms with Gasteiger partial charge in [-0.05, 0) is 37.3 Å². The van der Waals surface area contributed by atoms with Crippen molar-refractivity contribution in [2.24, 2.45) is 0 Å². The van der Waals surface area contributed by atoms with Crippen LogP contribution in [0.5, 0.6) is 0 Å². The summed E-state index contributed by atoms with van der Waals surface area (Å²) in [4.78, 5) is 26.2. The van der Waals surface area contributed by atoms with E-state index in [2.05, 4.69) is 0 Å². The fourth-order valence-electron chi connectivity index (χ4n) is 2.99. The zero-order chi connectivity index (χ0) is 21.9. The van der Waals surface area contributed by atoms with Crippen molar-refractivity contribution in [3.05, 3.63) is 63.6 Å². The lowest BCUT2D eigenvalue weighted by molar-refractivity contribution is -0.135. The normalized spacial score (nSPS) is 15.1. The highest BCUT2D eigenvalue weighted by molar-refractivity contribution is 7.89. The minimum Gasteiger partial charge on any atom is -0.452 e. The Morgan fingerprint density at radius 1 is 1.00 bits per heavy atom. The molecular weight excluding hydrogens is 451 g/mol. The molecule has 1 amide bonds. The number of nitrogens with zero attached hydrogens (tertiary/aromatic N) is 2. The largest absolute Gasteiger partial charge is 0.452 e. The molecule has 0 N–H and O–H groups in total. The molecule has 1 fully saturated rings. The summed E-state index contributed by atoms with van der Waals surface area (Å²) < 4.78 is 31.9. The molecule has 0 radical (unpaired) electrons. The monoisotopic (exact) mass is 470 g/mol. The number of ether oxygens (including phenoxy) is 1. The molecule has 10 heteroatoms. The predicted molar refractivity (Wildman–Crippen MR) is 113 cm³/mol. The Morgan fingerprint density at radius 3 is 2.23 bits per heavy atom. The molecule has 0 unspecified atom stereocenters. The van der Waals surface area contributed by atoms with Gasteiger partial charge in [0.25, 0.3) is 5.91 Å². The summed E-state index contributed by atoms with van der Waals surface area (Å²) in [5, 5.41) is 0.515. The van der Waals surface area contributed by atoms with Crippen LogP contribution in [0.2, 0.25) is 10.0 Å². The van der Waals surface area contributed by atoms with E-state index in [4.69, 9.17) is 27.9 Å². The zero-order valence-corrected chi connectivity index (χ0v) is 18.5. The molecule has 30 heavy (non-hydrogen) atoms. The van der Waals surface area contributed by atoms with Gasteiger partial charge in [0.05, 0.1) is 15.5 Å². The maximum absolute atomic E-state index is 12.7. The summed E-state index contributed by atoms with van der Waals surface area (Å²) in [7, 11) is -3.61. The third-order valence-corrected chi connectivity index (χ3v) is 7.19. The molecular formula is C20H20Cl2N2O5S. The first-order valence-corrected chi connectivity index (χ1v) is 11.3. The van der Waals surface area contributed by atoms with Crippen molar-refractivity contribution in [2.75, 3.05) is 32.8 Å². The number of carbonyl (C=O) groups excluding carboxylic acids is 2. The van der Waals surface area contributed by atoms with Crippen LogP contribution in [0, 0.1) is 6.92 Å². The van der Waals surface area contributed by atoms with Crippen LogP contribution in [0.3, 0.4) is 0 Å². The van der Waals surface area contributed by atoms with E-state index in [9.17, 15) is 18.0 Å². The van der Waals surface area contributed by atoms with Gasteiger partial charge in [-0.1, -0.05) is 40.9 Å². The van der Waals surface area contributed by atoms with Crippen LogP contribution in [-0.4, -0.2) is 62.3 Å². The van der Waals surface area contributed by atoms with Gasteiger partial charge in [0, 0.05) is 31.2 Å². The van der Waals surface area contributed by atoms with Crippen LogP contribution in [0.1, 0.15) is 15.9 Å². The van der Waals surface area contributed by atoms with E-state index >= 15 is 0 Å². The average Bonchev–Trinajstić information content (AvgIpc) is 2.72. The van der Waals surface area contributed by atoms with Gasteiger partial charge in [0.15, 0.2) is 6.61 Å². The van der Waals surface area contributed by atoms with Crippen molar-refractivity contribution in [2.45, 2.75) is 11.8 Å². The first kappa shape index (κ1) is 22.6. The van der Waals surface area contributed by atoms with E-state index in [1.807, 2.05) is 6.92 Å². The van der Waals surface area contributed by atoms with Crippen LogP contribution < -0.4 is 0 Å². The minimum absolute atomic E-state index is 0.114. The van der Waals surface area contributed by atoms with E-state index < -0.39 is 28.5 Å². The Labute approximate surface area is 185 Å². The van der Waals surface area contributed by atoms with Crippen molar-refractivity contribution in [3.63, 3.8) is 0 Å². The van der Waals surface area contributed by atoms with Gasteiger partial charge in [0.2, 0.25) is 10.0 Å². The fourth-order valence-corrected chi connectivity index (χ4v) is 4.90. The third-order valence-electron chi connectivity index (χ3n) is 4.73. The van der Waals surface area contributed by atoms with E-state index in [-0.39, 0.29) is 41.7 Å². The number of hydrogen-bond acceptors (Lipinski definition) is 5. The van der Waals surface area contributed by atoms with Gasteiger partial charge in [-0.2, -0.15) is 4.31 Å². The molecule has 3 rings (SSSR count). The maximum atomic E-state index is 12.7. The highest BCUT2D eigenvalue weighted by Crippen LogP contribution is 2.22. The summed E-state index contributed by atoms with van der Waals surface area (Å²) in [5.41, 5.74) is 1.08. The van der Waals surface area contributed by atoms with Crippen LogP contribution in [-0.2, 0) is 19.6 Å². The Kier molecular flexibility index (Phi) is 7.02. The van der Waals surface area contributed by atoms with Gasteiger partial charge >= 0.3 is 5.97 Å². The third kappa shape index (κ3) is 5.13. The molecule has 0 aliphatic carbocycles. The lowest BCUT2D eigenvalue weighted by Gasteiger charge is -2.33. The van der Waals surface area contributed by atoms with Gasteiger partial charge < -0.3 is 9.64 Å². The van der Waals surface area contributed by atoms with Crippen molar-refractivity contribution in [1.29, 1.82) is 0 Å². The minimum atomic E-state index is -3.61. The summed E-state index contributed by atoms with van der Waals surface area (Å²) in [6.45, 7) is 2.18. The number of aryl methyl sites for hydroxylation is 1. The van der Waals surface area contributed by atoms with E-state index in [1.54, 1.807) is 24.3 Å². The molecule has 0 atom stereocenters. The lowest BCUT2D eigenvalue weighted by atomic mass is 10.2. The van der Waals surface area contributed by atoms with E-state index in [0.29, 0.717) is 5.02 Å². The Bertz CT molecular complexity index is 1050. The SMILES string of the molecule is Cc1ccc(S(=O)(=O)N2CCN(C(=O)COC(=O)c3ccc(Cl)cc3Cl)CC2)cc1. The second-order valence-electron chi connectivity index (χ2n) is 6.80. The van der Waals surface area contributed by atoms with Gasteiger partial charge in [-0.15, -0.1) is 0 Å². The Hall–Kier alpha value is -2.13. The fraction of sp³-hybridized carbons (Fsp3) is 0.300. The van der Waals surface area contributed by atoms with Crippen molar-refractivity contribution in [1.82, 2.24) is 9.21 Å². The second-order valence-corrected chi connectivity index (χ2v) is 9.58. The van der Waals surface area contributed by atoms with E-state index in [0.717, 1.165) is 5.56 Å². The molecule has 2 aromatic carbocycles. The average molecular weight is 471 g/mol. The molecule has 1 aliphatic heterocycles. The van der Waals surface area contributed by atoms with Crippen LogP contribution >= 0.6 is 23.2 Å². The molecule has 0 spiro atoms. The molecule has 1 aliphatic rings. The first-order chi connectivity index (χ1) is 14.2. The maximum Gasteiger partial charge on any atom is 0.340 e. The van der Waals surface area contributed by atoms with Crippen LogP contribution in [0.25, 0.3) is 0 Å². The number of carbonyl (C=O) groups is 2. The number of piperazine rings is 1. The second kappa shape index (κ2) is 9.34. The molecule has 0 bridgehead atoms. The number of sulfonamides is 1. The molecule has 1 heterocycles. The van der Waals surface area contributed by atoms with Crippen molar-refractivity contribution >= 4 is 45.1 Å². The van der Waals surface area contributed by atoms with Crippen LogP contribution in [0.4, 0.5) is 0 Å². The summed E-state index contributed by atoms with van der Waals surface area (Å²) in [6.07, 6.45) is 0.